The zero-order valence-corrected chi connectivity index (χ0v) is 9.76. The van der Waals surface area contributed by atoms with Crippen LogP contribution in [0.3, 0.4) is 0 Å². The van der Waals surface area contributed by atoms with E-state index >= 15 is 0 Å². The molecule has 15 heavy (non-hydrogen) atoms. The van der Waals surface area contributed by atoms with Gasteiger partial charge < -0.3 is 10.1 Å². The molecule has 1 aliphatic heterocycles. The molecule has 82 valence electrons. The monoisotopic (exact) mass is 205 g/mol. The number of ether oxygens (including phenoxy) is 1. The summed E-state index contributed by atoms with van der Waals surface area (Å²) in [4.78, 5) is 0. The highest BCUT2D eigenvalue weighted by atomic mass is 16.5. The summed E-state index contributed by atoms with van der Waals surface area (Å²) in [7, 11) is 1.76. The summed E-state index contributed by atoms with van der Waals surface area (Å²) in [5.74, 6) is 1.72. The average molecular weight is 205 g/mol. The molecule has 0 saturated carbocycles. The average Bonchev–Trinajstić information content (AvgIpc) is 2.71. The summed E-state index contributed by atoms with van der Waals surface area (Å²) in [6.07, 6.45) is 1.24. The van der Waals surface area contributed by atoms with Gasteiger partial charge in [-0.3, -0.25) is 0 Å². The molecular formula is C13H19NO. The summed E-state index contributed by atoms with van der Waals surface area (Å²) in [5.41, 5.74) is 3.98. The van der Waals surface area contributed by atoms with E-state index in [1.807, 2.05) is 0 Å². The SMILES string of the molecule is COc1c(C)ccc(C2CCNC2)c1C. The Hall–Kier alpha value is -1.02. The van der Waals surface area contributed by atoms with E-state index in [-0.39, 0.29) is 0 Å². The molecule has 2 rings (SSSR count). The predicted octanol–water partition coefficient (Wildman–Crippen LogP) is 2.39. The number of hydrogen-bond donors (Lipinski definition) is 1. The standard InChI is InChI=1S/C13H19NO/c1-9-4-5-12(10(2)13(9)15-3)11-6-7-14-8-11/h4-5,11,14H,6-8H2,1-3H3. The molecule has 1 heterocycles. The fourth-order valence-electron chi connectivity index (χ4n) is 2.52. The smallest absolute Gasteiger partial charge is 0.124 e. The van der Waals surface area contributed by atoms with E-state index in [1.54, 1.807) is 7.11 Å². The Bertz CT molecular complexity index is 354. The lowest BCUT2D eigenvalue weighted by molar-refractivity contribution is 0.407. The van der Waals surface area contributed by atoms with Crippen LogP contribution >= 0.6 is 0 Å². The molecule has 1 unspecified atom stereocenters. The van der Waals surface area contributed by atoms with Crippen LogP contribution in [0.2, 0.25) is 0 Å². The van der Waals surface area contributed by atoms with Crippen molar-refractivity contribution in [3.8, 4) is 5.75 Å². The first-order valence-corrected chi connectivity index (χ1v) is 5.59. The van der Waals surface area contributed by atoms with E-state index in [0.717, 1.165) is 18.8 Å². The van der Waals surface area contributed by atoms with Gasteiger partial charge in [0, 0.05) is 6.54 Å². The number of benzene rings is 1. The fourth-order valence-corrected chi connectivity index (χ4v) is 2.52. The molecular weight excluding hydrogens is 186 g/mol. The first-order chi connectivity index (χ1) is 7.24. The van der Waals surface area contributed by atoms with Gasteiger partial charge in [0.2, 0.25) is 0 Å². The summed E-state index contributed by atoms with van der Waals surface area (Å²) in [6, 6.07) is 4.42. The van der Waals surface area contributed by atoms with E-state index in [1.165, 1.54) is 23.1 Å². The molecule has 0 radical (unpaired) electrons. The minimum Gasteiger partial charge on any atom is -0.496 e. The first kappa shape index (κ1) is 10.5. The van der Waals surface area contributed by atoms with E-state index < -0.39 is 0 Å². The van der Waals surface area contributed by atoms with E-state index in [0.29, 0.717) is 5.92 Å². The van der Waals surface area contributed by atoms with Crippen molar-refractivity contribution in [2.45, 2.75) is 26.2 Å². The lowest BCUT2D eigenvalue weighted by Crippen LogP contribution is -2.09. The van der Waals surface area contributed by atoms with Gasteiger partial charge in [0.1, 0.15) is 5.75 Å². The molecule has 1 aromatic carbocycles. The molecule has 2 nitrogen and oxygen atoms in total. The van der Waals surface area contributed by atoms with Crippen molar-refractivity contribution >= 4 is 0 Å². The van der Waals surface area contributed by atoms with Gasteiger partial charge in [0.15, 0.2) is 0 Å². The molecule has 2 heteroatoms. The van der Waals surface area contributed by atoms with Crippen LogP contribution in [0.15, 0.2) is 12.1 Å². The minimum atomic E-state index is 0.666. The summed E-state index contributed by atoms with van der Waals surface area (Å²) in [6.45, 7) is 6.51. The second kappa shape index (κ2) is 4.23. The molecule has 0 amide bonds. The fraction of sp³-hybridized carbons (Fsp3) is 0.538. The van der Waals surface area contributed by atoms with E-state index in [9.17, 15) is 0 Å². The molecule has 1 aromatic rings. The first-order valence-electron chi connectivity index (χ1n) is 5.59. The molecule has 0 spiro atoms. The van der Waals surface area contributed by atoms with Crippen LogP contribution in [0.1, 0.15) is 29.0 Å². The Kier molecular flexibility index (Phi) is 2.96. The van der Waals surface area contributed by atoms with Gasteiger partial charge in [-0.1, -0.05) is 12.1 Å². The third kappa shape index (κ3) is 1.86. The van der Waals surface area contributed by atoms with Crippen LogP contribution in [0.25, 0.3) is 0 Å². The third-order valence-electron chi connectivity index (χ3n) is 3.35. The van der Waals surface area contributed by atoms with Crippen LogP contribution in [0.5, 0.6) is 5.75 Å². The molecule has 0 aromatic heterocycles. The Morgan fingerprint density at radius 3 is 2.73 bits per heavy atom. The molecule has 1 aliphatic rings. The minimum absolute atomic E-state index is 0.666. The number of aryl methyl sites for hydroxylation is 1. The van der Waals surface area contributed by atoms with Crippen molar-refractivity contribution in [2.75, 3.05) is 20.2 Å². The normalized spacial score (nSPS) is 20.6. The maximum atomic E-state index is 5.46. The van der Waals surface area contributed by atoms with Gasteiger partial charge in [-0.15, -0.1) is 0 Å². The van der Waals surface area contributed by atoms with E-state index in [2.05, 4.69) is 31.3 Å². The van der Waals surface area contributed by atoms with Gasteiger partial charge >= 0.3 is 0 Å². The van der Waals surface area contributed by atoms with Crippen molar-refractivity contribution in [2.24, 2.45) is 0 Å². The zero-order valence-electron chi connectivity index (χ0n) is 9.76. The lowest BCUT2D eigenvalue weighted by atomic mass is 9.92. The quantitative estimate of drug-likeness (QED) is 0.800. The Morgan fingerprint density at radius 1 is 1.33 bits per heavy atom. The Balaban J connectivity index is 2.39. The van der Waals surface area contributed by atoms with Crippen molar-refractivity contribution in [1.29, 1.82) is 0 Å². The van der Waals surface area contributed by atoms with Crippen LogP contribution in [0, 0.1) is 13.8 Å². The van der Waals surface area contributed by atoms with E-state index in [4.69, 9.17) is 4.74 Å². The Labute approximate surface area is 91.6 Å². The second-order valence-electron chi connectivity index (χ2n) is 4.32. The van der Waals surface area contributed by atoms with Crippen LogP contribution < -0.4 is 10.1 Å². The number of methoxy groups -OCH3 is 1. The second-order valence-corrected chi connectivity index (χ2v) is 4.32. The molecule has 0 aliphatic carbocycles. The zero-order chi connectivity index (χ0) is 10.8. The summed E-state index contributed by atoms with van der Waals surface area (Å²) in [5, 5.41) is 3.41. The lowest BCUT2D eigenvalue weighted by Gasteiger charge is -2.17. The maximum Gasteiger partial charge on any atom is 0.124 e. The highest BCUT2D eigenvalue weighted by molar-refractivity contribution is 5.46. The van der Waals surface area contributed by atoms with Crippen LogP contribution in [0.4, 0.5) is 0 Å². The number of rotatable bonds is 2. The number of nitrogens with one attached hydrogen (secondary N) is 1. The highest BCUT2D eigenvalue weighted by Crippen LogP contribution is 2.32. The molecule has 1 saturated heterocycles. The summed E-state index contributed by atoms with van der Waals surface area (Å²) < 4.78 is 5.46. The maximum absolute atomic E-state index is 5.46. The van der Waals surface area contributed by atoms with Gasteiger partial charge in [0.05, 0.1) is 7.11 Å². The molecule has 1 fully saturated rings. The van der Waals surface area contributed by atoms with Gasteiger partial charge in [-0.2, -0.15) is 0 Å². The van der Waals surface area contributed by atoms with Crippen LogP contribution in [-0.4, -0.2) is 20.2 Å². The van der Waals surface area contributed by atoms with Crippen molar-refractivity contribution in [3.05, 3.63) is 28.8 Å². The largest absolute Gasteiger partial charge is 0.496 e. The predicted molar refractivity (Wildman–Crippen MR) is 62.7 cm³/mol. The Morgan fingerprint density at radius 2 is 2.13 bits per heavy atom. The van der Waals surface area contributed by atoms with Crippen molar-refractivity contribution in [1.82, 2.24) is 5.32 Å². The topological polar surface area (TPSA) is 21.3 Å². The highest BCUT2D eigenvalue weighted by Gasteiger charge is 2.20. The van der Waals surface area contributed by atoms with Crippen molar-refractivity contribution in [3.63, 3.8) is 0 Å². The molecule has 0 bridgehead atoms. The molecule has 1 atom stereocenters. The molecule has 1 N–H and O–H groups in total. The van der Waals surface area contributed by atoms with Gasteiger partial charge in [0.25, 0.3) is 0 Å². The summed E-state index contributed by atoms with van der Waals surface area (Å²) >= 11 is 0. The van der Waals surface area contributed by atoms with Crippen molar-refractivity contribution < 1.29 is 4.74 Å². The van der Waals surface area contributed by atoms with Gasteiger partial charge in [-0.25, -0.2) is 0 Å². The third-order valence-corrected chi connectivity index (χ3v) is 3.35. The van der Waals surface area contributed by atoms with Crippen LogP contribution in [-0.2, 0) is 0 Å². The number of hydrogen-bond acceptors (Lipinski definition) is 2. The van der Waals surface area contributed by atoms with Gasteiger partial charge in [-0.05, 0) is 49.4 Å².